The van der Waals surface area contributed by atoms with Crippen molar-refractivity contribution in [3.63, 3.8) is 0 Å². The van der Waals surface area contributed by atoms with Crippen LogP contribution in [0.15, 0.2) is 30.5 Å². The molecule has 72 valence electrons. The normalized spacial score (nSPS) is 10.0. The van der Waals surface area contributed by atoms with Crippen molar-refractivity contribution < 1.29 is 9.84 Å². The van der Waals surface area contributed by atoms with E-state index in [1.807, 2.05) is 0 Å². The van der Waals surface area contributed by atoms with Gasteiger partial charge in [0.25, 0.3) is 5.19 Å². The number of ether oxygens (including phenoxy) is 1. The topological polar surface area (TPSA) is 68.4 Å². The van der Waals surface area contributed by atoms with Crippen LogP contribution in [0.5, 0.6) is 16.7 Å². The average molecular weight is 208 g/mol. The quantitative estimate of drug-likeness (QED) is 0.794. The van der Waals surface area contributed by atoms with Gasteiger partial charge in [0, 0.05) is 6.07 Å². The molecule has 3 N–H and O–H groups in total. The number of aromatic hydroxyl groups is 1. The van der Waals surface area contributed by atoms with Crippen molar-refractivity contribution in [1.29, 1.82) is 0 Å². The molecule has 0 spiro atoms. The van der Waals surface area contributed by atoms with Crippen molar-refractivity contribution in [2.24, 2.45) is 0 Å². The van der Waals surface area contributed by atoms with E-state index in [1.54, 1.807) is 18.2 Å². The molecule has 4 nitrogen and oxygen atoms in total. The Bertz CT molecular complexity index is 442. The Labute approximate surface area is 84.6 Å². The SMILES string of the molecule is Nc1cnc(Oc2cccc(O)c2)s1. The number of phenolic OH excluding ortho intramolecular Hbond substituents is 1. The van der Waals surface area contributed by atoms with Crippen LogP contribution in [0.4, 0.5) is 5.00 Å². The number of aromatic nitrogens is 1. The van der Waals surface area contributed by atoms with Gasteiger partial charge in [-0.1, -0.05) is 17.4 Å². The minimum atomic E-state index is 0.159. The summed E-state index contributed by atoms with van der Waals surface area (Å²) in [7, 11) is 0. The second kappa shape index (κ2) is 3.55. The number of hydrogen-bond donors (Lipinski definition) is 2. The van der Waals surface area contributed by atoms with Crippen LogP contribution < -0.4 is 10.5 Å². The van der Waals surface area contributed by atoms with Crippen molar-refractivity contribution in [2.45, 2.75) is 0 Å². The largest absolute Gasteiger partial charge is 0.508 e. The molecule has 5 heteroatoms. The van der Waals surface area contributed by atoms with Gasteiger partial charge in [-0.3, -0.25) is 0 Å². The molecule has 0 bridgehead atoms. The van der Waals surface area contributed by atoms with Gasteiger partial charge < -0.3 is 15.6 Å². The molecule has 0 saturated carbocycles. The molecule has 0 saturated heterocycles. The predicted molar refractivity (Wildman–Crippen MR) is 54.7 cm³/mol. The van der Waals surface area contributed by atoms with Crippen LogP contribution in [-0.4, -0.2) is 10.1 Å². The van der Waals surface area contributed by atoms with E-state index in [-0.39, 0.29) is 5.75 Å². The molecular weight excluding hydrogens is 200 g/mol. The van der Waals surface area contributed by atoms with Crippen LogP contribution in [0.2, 0.25) is 0 Å². The number of thiazole rings is 1. The lowest BCUT2D eigenvalue weighted by Crippen LogP contribution is -1.81. The zero-order valence-corrected chi connectivity index (χ0v) is 7.99. The van der Waals surface area contributed by atoms with Gasteiger partial charge in [0.05, 0.1) is 6.20 Å². The fraction of sp³-hybridized carbons (Fsp3) is 0. The van der Waals surface area contributed by atoms with Crippen LogP contribution in [0.3, 0.4) is 0 Å². The molecule has 2 aromatic rings. The number of nitrogen functional groups attached to an aromatic ring is 1. The zero-order valence-electron chi connectivity index (χ0n) is 7.18. The second-order valence-corrected chi connectivity index (χ2v) is 3.65. The van der Waals surface area contributed by atoms with Gasteiger partial charge in [-0.25, -0.2) is 4.98 Å². The molecule has 0 amide bonds. The first-order valence-corrected chi connectivity index (χ1v) is 4.74. The Balaban J connectivity index is 2.18. The summed E-state index contributed by atoms with van der Waals surface area (Å²) < 4.78 is 5.35. The highest BCUT2D eigenvalue weighted by molar-refractivity contribution is 7.17. The standard InChI is InChI=1S/C9H8N2O2S/c10-8-5-11-9(14-8)13-7-3-1-2-6(12)4-7/h1-5,12H,10H2. The number of benzene rings is 1. The van der Waals surface area contributed by atoms with Crippen molar-refractivity contribution >= 4 is 16.3 Å². The Morgan fingerprint density at radius 1 is 1.43 bits per heavy atom. The third kappa shape index (κ3) is 1.94. The van der Waals surface area contributed by atoms with Gasteiger partial charge >= 0.3 is 0 Å². The van der Waals surface area contributed by atoms with Crippen LogP contribution in [0.25, 0.3) is 0 Å². The van der Waals surface area contributed by atoms with Gasteiger partial charge in [-0.05, 0) is 12.1 Å². The summed E-state index contributed by atoms with van der Waals surface area (Å²) in [6.45, 7) is 0. The number of nitrogens with two attached hydrogens (primary N) is 1. The second-order valence-electron chi connectivity index (χ2n) is 2.63. The van der Waals surface area contributed by atoms with Crippen LogP contribution in [-0.2, 0) is 0 Å². The molecule has 0 aliphatic heterocycles. The van der Waals surface area contributed by atoms with Crippen LogP contribution in [0, 0.1) is 0 Å². The van der Waals surface area contributed by atoms with Gasteiger partial charge in [-0.2, -0.15) is 0 Å². The van der Waals surface area contributed by atoms with E-state index in [9.17, 15) is 5.11 Å². The Kier molecular flexibility index (Phi) is 2.24. The summed E-state index contributed by atoms with van der Waals surface area (Å²) in [6.07, 6.45) is 1.53. The highest BCUT2D eigenvalue weighted by atomic mass is 32.1. The Morgan fingerprint density at radius 2 is 2.29 bits per heavy atom. The van der Waals surface area contributed by atoms with Crippen molar-refractivity contribution in [3.05, 3.63) is 30.5 Å². The fourth-order valence-corrected chi connectivity index (χ4v) is 1.52. The monoisotopic (exact) mass is 208 g/mol. The smallest absolute Gasteiger partial charge is 0.280 e. The highest BCUT2D eigenvalue weighted by Gasteiger charge is 2.02. The summed E-state index contributed by atoms with van der Waals surface area (Å²) in [5.41, 5.74) is 5.49. The predicted octanol–water partition coefficient (Wildman–Crippen LogP) is 2.22. The van der Waals surface area contributed by atoms with E-state index in [4.69, 9.17) is 10.5 Å². The van der Waals surface area contributed by atoms with E-state index in [2.05, 4.69) is 4.98 Å². The molecular formula is C9H8N2O2S. The summed E-state index contributed by atoms with van der Waals surface area (Å²) in [4.78, 5) is 3.93. The molecule has 1 aromatic heterocycles. The summed E-state index contributed by atoms with van der Waals surface area (Å²) in [5.74, 6) is 0.700. The van der Waals surface area contributed by atoms with Gasteiger partial charge in [0.15, 0.2) is 0 Å². The number of rotatable bonds is 2. The maximum absolute atomic E-state index is 9.17. The van der Waals surface area contributed by atoms with E-state index >= 15 is 0 Å². The molecule has 2 rings (SSSR count). The van der Waals surface area contributed by atoms with Gasteiger partial charge in [0.1, 0.15) is 16.5 Å². The summed E-state index contributed by atoms with van der Waals surface area (Å²) in [5, 5.41) is 10.2. The minimum absolute atomic E-state index is 0.159. The van der Waals surface area contributed by atoms with Crippen molar-refractivity contribution in [3.8, 4) is 16.7 Å². The molecule has 0 aliphatic rings. The Morgan fingerprint density at radius 3 is 2.93 bits per heavy atom. The number of phenols is 1. The molecule has 0 aliphatic carbocycles. The summed E-state index contributed by atoms with van der Waals surface area (Å²) >= 11 is 1.25. The first-order valence-electron chi connectivity index (χ1n) is 3.92. The molecule has 1 heterocycles. The van der Waals surface area contributed by atoms with E-state index < -0.39 is 0 Å². The lowest BCUT2D eigenvalue weighted by atomic mass is 10.3. The number of nitrogens with zero attached hydrogens (tertiary/aromatic N) is 1. The molecule has 14 heavy (non-hydrogen) atoms. The third-order valence-corrected chi connectivity index (χ3v) is 2.23. The van der Waals surface area contributed by atoms with E-state index in [0.29, 0.717) is 15.9 Å². The molecule has 0 unspecified atom stereocenters. The van der Waals surface area contributed by atoms with Crippen LogP contribution >= 0.6 is 11.3 Å². The lowest BCUT2D eigenvalue weighted by Gasteiger charge is -2.00. The maximum Gasteiger partial charge on any atom is 0.280 e. The number of hydrogen-bond acceptors (Lipinski definition) is 5. The lowest BCUT2D eigenvalue weighted by molar-refractivity contribution is 0.454. The summed E-state index contributed by atoms with van der Waals surface area (Å²) in [6, 6.07) is 6.51. The molecule has 0 radical (unpaired) electrons. The zero-order chi connectivity index (χ0) is 9.97. The number of anilines is 1. The fourth-order valence-electron chi connectivity index (χ4n) is 0.965. The van der Waals surface area contributed by atoms with E-state index in [0.717, 1.165) is 0 Å². The third-order valence-electron chi connectivity index (χ3n) is 1.53. The molecule has 0 atom stereocenters. The van der Waals surface area contributed by atoms with Crippen molar-refractivity contribution in [2.75, 3.05) is 5.73 Å². The van der Waals surface area contributed by atoms with Crippen LogP contribution in [0.1, 0.15) is 0 Å². The molecule has 1 aromatic carbocycles. The minimum Gasteiger partial charge on any atom is -0.508 e. The van der Waals surface area contributed by atoms with Gasteiger partial charge in [-0.15, -0.1) is 0 Å². The van der Waals surface area contributed by atoms with E-state index in [1.165, 1.54) is 23.6 Å². The van der Waals surface area contributed by atoms with Crippen molar-refractivity contribution in [1.82, 2.24) is 4.98 Å². The average Bonchev–Trinajstić information content (AvgIpc) is 2.51. The first-order chi connectivity index (χ1) is 6.74. The highest BCUT2D eigenvalue weighted by Crippen LogP contribution is 2.28. The Hall–Kier alpha value is -1.75. The molecule has 0 fully saturated rings. The first kappa shape index (κ1) is 8.83. The van der Waals surface area contributed by atoms with Gasteiger partial charge in [0.2, 0.25) is 0 Å². The maximum atomic E-state index is 9.17.